The summed E-state index contributed by atoms with van der Waals surface area (Å²) in [6, 6.07) is 5.97. The van der Waals surface area contributed by atoms with E-state index in [1.165, 1.54) is 12.1 Å². The highest BCUT2D eigenvalue weighted by Crippen LogP contribution is 2.24. The van der Waals surface area contributed by atoms with Crippen LogP contribution in [0.4, 0.5) is 4.39 Å². The molecule has 0 aromatic heterocycles. The number of aliphatic hydroxyl groups excluding tert-OH is 1. The number of aliphatic hydroxyl groups is 1. The molecule has 0 saturated carbocycles. The molecule has 2 fully saturated rings. The van der Waals surface area contributed by atoms with Gasteiger partial charge in [0.1, 0.15) is 5.82 Å². The maximum absolute atomic E-state index is 12.9. The van der Waals surface area contributed by atoms with Crippen LogP contribution in [0.15, 0.2) is 24.3 Å². The SMILES string of the molecule is O=C(c1ccc(F)cc1)C1CCN([C@@H]2CNCC2O)CC1. The number of halogens is 1. The van der Waals surface area contributed by atoms with Gasteiger partial charge in [0.25, 0.3) is 0 Å². The lowest BCUT2D eigenvalue weighted by molar-refractivity contribution is 0.0539. The van der Waals surface area contributed by atoms with E-state index in [0.717, 1.165) is 32.5 Å². The number of ketones is 1. The first-order valence-corrected chi connectivity index (χ1v) is 7.58. The van der Waals surface area contributed by atoms with Crippen molar-refractivity contribution < 1.29 is 14.3 Å². The molecule has 4 nitrogen and oxygen atoms in total. The second kappa shape index (κ2) is 6.22. The fraction of sp³-hybridized carbons (Fsp3) is 0.562. The number of β-amino-alcohol motifs (C(OH)–C–C–N with tert-alkyl or cyclic N) is 1. The fourth-order valence-corrected chi connectivity index (χ4v) is 3.37. The van der Waals surface area contributed by atoms with E-state index in [2.05, 4.69) is 10.2 Å². The molecular formula is C16H21FN2O2. The van der Waals surface area contributed by atoms with Crippen molar-refractivity contribution in [2.75, 3.05) is 26.2 Å². The lowest BCUT2D eigenvalue weighted by atomic mass is 9.88. The summed E-state index contributed by atoms with van der Waals surface area (Å²) < 4.78 is 12.9. The van der Waals surface area contributed by atoms with Crippen LogP contribution >= 0.6 is 0 Å². The number of hydrogen-bond donors (Lipinski definition) is 2. The van der Waals surface area contributed by atoms with Crippen LogP contribution in [0.2, 0.25) is 0 Å². The minimum Gasteiger partial charge on any atom is -0.390 e. The highest BCUT2D eigenvalue weighted by atomic mass is 19.1. The molecule has 5 heteroatoms. The second-order valence-electron chi connectivity index (χ2n) is 5.97. The van der Waals surface area contributed by atoms with Crippen LogP contribution in [0.3, 0.4) is 0 Å². The first-order chi connectivity index (χ1) is 10.1. The number of nitrogens with one attached hydrogen (secondary N) is 1. The third-order valence-corrected chi connectivity index (χ3v) is 4.65. The van der Waals surface area contributed by atoms with Crippen LogP contribution < -0.4 is 5.32 Å². The zero-order valence-corrected chi connectivity index (χ0v) is 12.0. The van der Waals surface area contributed by atoms with Gasteiger partial charge in [-0.2, -0.15) is 0 Å². The number of benzene rings is 1. The molecule has 0 bridgehead atoms. The molecule has 0 amide bonds. The Balaban J connectivity index is 1.58. The lowest BCUT2D eigenvalue weighted by Gasteiger charge is -2.36. The Morgan fingerprint density at radius 2 is 1.86 bits per heavy atom. The molecule has 1 unspecified atom stereocenters. The van der Waals surface area contributed by atoms with Crippen molar-refractivity contribution in [3.63, 3.8) is 0 Å². The standard InChI is InChI=1S/C16H21FN2O2/c17-13-3-1-11(2-4-13)16(21)12-5-7-19(8-6-12)14-9-18-10-15(14)20/h1-4,12,14-15,18,20H,5-10H2/t14-,15?/m1/s1. The van der Waals surface area contributed by atoms with Crippen molar-refractivity contribution >= 4 is 5.78 Å². The normalized spacial score (nSPS) is 27.9. The Morgan fingerprint density at radius 1 is 1.19 bits per heavy atom. The Hall–Kier alpha value is -1.30. The summed E-state index contributed by atoms with van der Waals surface area (Å²) in [5.74, 6) is -0.193. The number of Topliss-reactive ketones (excluding diaryl/α,β-unsaturated/α-hetero) is 1. The van der Waals surface area contributed by atoms with E-state index < -0.39 is 0 Å². The maximum atomic E-state index is 12.9. The number of carbonyl (C=O) groups is 1. The monoisotopic (exact) mass is 292 g/mol. The molecule has 1 aromatic rings. The quantitative estimate of drug-likeness (QED) is 0.818. The van der Waals surface area contributed by atoms with E-state index in [0.29, 0.717) is 12.1 Å². The van der Waals surface area contributed by atoms with Crippen molar-refractivity contribution in [3.05, 3.63) is 35.6 Å². The van der Waals surface area contributed by atoms with Crippen LogP contribution in [-0.2, 0) is 0 Å². The molecule has 114 valence electrons. The van der Waals surface area contributed by atoms with Crippen molar-refractivity contribution in [3.8, 4) is 0 Å². The molecule has 2 heterocycles. The molecule has 0 spiro atoms. The van der Waals surface area contributed by atoms with Crippen molar-refractivity contribution in [1.29, 1.82) is 0 Å². The van der Waals surface area contributed by atoms with Gasteiger partial charge in [0.2, 0.25) is 0 Å². The van der Waals surface area contributed by atoms with Gasteiger partial charge in [-0.15, -0.1) is 0 Å². The molecule has 21 heavy (non-hydrogen) atoms. The van der Waals surface area contributed by atoms with E-state index in [4.69, 9.17) is 0 Å². The van der Waals surface area contributed by atoms with E-state index in [1.54, 1.807) is 12.1 Å². The zero-order valence-electron chi connectivity index (χ0n) is 12.0. The van der Waals surface area contributed by atoms with Crippen molar-refractivity contribution in [2.24, 2.45) is 5.92 Å². The van der Waals surface area contributed by atoms with Crippen LogP contribution in [0.1, 0.15) is 23.2 Å². The van der Waals surface area contributed by atoms with Gasteiger partial charge in [-0.1, -0.05) is 0 Å². The topological polar surface area (TPSA) is 52.6 Å². The highest BCUT2D eigenvalue weighted by molar-refractivity contribution is 5.97. The van der Waals surface area contributed by atoms with Crippen LogP contribution in [0.25, 0.3) is 0 Å². The van der Waals surface area contributed by atoms with Crippen molar-refractivity contribution in [1.82, 2.24) is 10.2 Å². The van der Waals surface area contributed by atoms with Gasteiger partial charge < -0.3 is 10.4 Å². The lowest BCUT2D eigenvalue weighted by Crippen LogP contribution is -2.48. The molecular weight excluding hydrogens is 271 g/mol. The molecule has 0 aliphatic carbocycles. The van der Waals surface area contributed by atoms with E-state index in [1.807, 2.05) is 0 Å². The summed E-state index contributed by atoms with van der Waals surface area (Å²) in [5, 5.41) is 13.1. The fourth-order valence-electron chi connectivity index (χ4n) is 3.37. The summed E-state index contributed by atoms with van der Waals surface area (Å²) >= 11 is 0. The summed E-state index contributed by atoms with van der Waals surface area (Å²) in [4.78, 5) is 14.7. The van der Waals surface area contributed by atoms with Gasteiger partial charge in [-0.05, 0) is 50.2 Å². The Labute approximate surface area is 124 Å². The minimum absolute atomic E-state index is 0.0122. The molecule has 2 saturated heterocycles. The van der Waals surface area contributed by atoms with Gasteiger partial charge in [-0.3, -0.25) is 9.69 Å². The average Bonchev–Trinajstić information content (AvgIpc) is 2.94. The number of nitrogens with zero attached hydrogens (tertiary/aromatic N) is 1. The minimum atomic E-state index is -0.316. The van der Waals surface area contributed by atoms with Gasteiger partial charge >= 0.3 is 0 Å². The Kier molecular flexibility index (Phi) is 4.33. The van der Waals surface area contributed by atoms with Gasteiger partial charge in [0.15, 0.2) is 5.78 Å². The summed E-state index contributed by atoms with van der Waals surface area (Å²) in [7, 11) is 0. The molecule has 2 aliphatic heterocycles. The van der Waals surface area contributed by atoms with Crippen LogP contribution in [0, 0.1) is 11.7 Å². The van der Waals surface area contributed by atoms with Gasteiger partial charge in [-0.25, -0.2) is 4.39 Å². The number of carbonyl (C=O) groups excluding carboxylic acids is 1. The summed E-state index contributed by atoms with van der Waals surface area (Å²) in [6.07, 6.45) is 1.30. The van der Waals surface area contributed by atoms with Gasteiger partial charge in [0, 0.05) is 30.6 Å². The van der Waals surface area contributed by atoms with Crippen LogP contribution in [0.5, 0.6) is 0 Å². The first kappa shape index (κ1) is 14.6. The smallest absolute Gasteiger partial charge is 0.166 e. The van der Waals surface area contributed by atoms with Gasteiger partial charge in [0.05, 0.1) is 6.10 Å². The Morgan fingerprint density at radius 3 is 2.43 bits per heavy atom. The van der Waals surface area contributed by atoms with Crippen LogP contribution in [-0.4, -0.2) is 54.1 Å². The first-order valence-electron chi connectivity index (χ1n) is 7.58. The molecule has 2 aliphatic rings. The predicted octanol–water partition coefficient (Wildman–Crippen LogP) is 1.05. The maximum Gasteiger partial charge on any atom is 0.166 e. The largest absolute Gasteiger partial charge is 0.390 e. The average molecular weight is 292 g/mol. The van der Waals surface area contributed by atoms with Crippen molar-refractivity contribution in [2.45, 2.75) is 25.0 Å². The Bertz CT molecular complexity index is 498. The van der Waals surface area contributed by atoms with E-state index in [9.17, 15) is 14.3 Å². The third kappa shape index (κ3) is 3.15. The number of piperidine rings is 1. The summed E-state index contributed by atoms with van der Waals surface area (Å²) in [5.41, 5.74) is 0.595. The molecule has 0 radical (unpaired) electrons. The number of hydrogen-bond acceptors (Lipinski definition) is 4. The summed E-state index contributed by atoms with van der Waals surface area (Å²) in [6.45, 7) is 3.14. The predicted molar refractivity (Wildman–Crippen MR) is 77.7 cm³/mol. The second-order valence-corrected chi connectivity index (χ2v) is 5.97. The van der Waals surface area contributed by atoms with E-state index >= 15 is 0 Å². The number of likely N-dealkylation sites (tertiary alicyclic amines) is 1. The molecule has 2 atom stereocenters. The van der Waals surface area contributed by atoms with E-state index in [-0.39, 0.29) is 29.7 Å². The highest BCUT2D eigenvalue weighted by Gasteiger charge is 2.34. The molecule has 3 rings (SSSR count). The molecule has 1 aromatic carbocycles. The molecule has 2 N–H and O–H groups in total. The zero-order chi connectivity index (χ0) is 14.8. The number of rotatable bonds is 3. The third-order valence-electron chi connectivity index (χ3n) is 4.65.